The van der Waals surface area contributed by atoms with Crippen molar-refractivity contribution in [2.24, 2.45) is 5.92 Å². The molecule has 0 saturated carbocycles. The average Bonchev–Trinajstić information content (AvgIpc) is 3.37. The Hall–Kier alpha value is -2.16. The van der Waals surface area contributed by atoms with E-state index in [4.69, 9.17) is 0 Å². The molecule has 1 aromatic carbocycles. The molecule has 2 aromatic heterocycles. The first kappa shape index (κ1) is 20.1. The van der Waals surface area contributed by atoms with Gasteiger partial charge in [-0.1, -0.05) is 24.8 Å². The van der Waals surface area contributed by atoms with Crippen molar-refractivity contribution >= 4 is 34.1 Å². The Balaban J connectivity index is 1.42. The van der Waals surface area contributed by atoms with Crippen molar-refractivity contribution in [3.8, 4) is 5.69 Å². The van der Waals surface area contributed by atoms with Gasteiger partial charge in [-0.2, -0.15) is 0 Å². The summed E-state index contributed by atoms with van der Waals surface area (Å²) < 4.78 is 1.97. The maximum atomic E-state index is 12.7. The molecule has 152 valence electrons. The van der Waals surface area contributed by atoms with E-state index in [1.165, 1.54) is 24.2 Å². The summed E-state index contributed by atoms with van der Waals surface area (Å²) in [4.78, 5) is 24.1. The lowest BCUT2D eigenvalue weighted by Crippen LogP contribution is -2.33. The Morgan fingerprint density at radius 2 is 2.31 bits per heavy atom. The molecule has 6 nitrogen and oxygen atoms in total. The van der Waals surface area contributed by atoms with Gasteiger partial charge in [-0.05, 0) is 49.8 Å². The van der Waals surface area contributed by atoms with E-state index < -0.39 is 0 Å². The van der Waals surface area contributed by atoms with Crippen LogP contribution in [-0.2, 0) is 6.54 Å². The minimum Gasteiger partial charge on any atom is -0.298 e. The number of thioether (sulfide) groups is 1. The molecule has 1 aliphatic heterocycles. The Morgan fingerprint density at radius 1 is 1.41 bits per heavy atom. The second-order valence-electron chi connectivity index (χ2n) is 7.41. The second kappa shape index (κ2) is 9.11. The van der Waals surface area contributed by atoms with Crippen molar-refractivity contribution in [3.63, 3.8) is 0 Å². The lowest BCUT2D eigenvalue weighted by atomic mass is 10.0. The summed E-state index contributed by atoms with van der Waals surface area (Å²) in [6.45, 7) is 5.41. The highest BCUT2D eigenvalue weighted by atomic mass is 32.2. The molecule has 1 aliphatic rings. The molecular weight excluding hydrogens is 402 g/mol. The number of carbonyl (C=O) groups excluding carboxylic acids is 1. The number of likely N-dealkylation sites (tertiary alicyclic amines) is 1. The number of hydrogen-bond donors (Lipinski definition) is 1. The molecule has 3 heterocycles. The highest BCUT2D eigenvalue weighted by molar-refractivity contribution is 7.98. The molecule has 0 bridgehead atoms. The number of benzene rings is 1. The Morgan fingerprint density at radius 3 is 3.14 bits per heavy atom. The molecule has 0 spiro atoms. The van der Waals surface area contributed by atoms with E-state index in [-0.39, 0.29) is 5.91 Å². The monoisotopic (exact) mass is 427 g/mol. The van der Waals surface area contributed by atoms with Gasteiger partial charge in [0.15, 0.2) is 10.3 Å². The maximum absolute atomic E-state index is 12.7. The van der Waals surface area contributed by atoms with Gasteiger partial charge in [0.1, 0.15) is 0 Å². The first-order valence-corrected chi connectivity index (χ1v) is 11.9. The normalized spacial score (nSPS) is 17.4. The number of imidazole rings is 1. The molecule has 0 aliphatic carbocycles. The van der Waals surface area contributed by atoms with Gasteiger partial charge in [0.05, 0.1) is 5.69 Å². The Labute approximate surface area is 179 Å². The number of rotatable bonds is 6. The third-order valence-corrected chi connectivity index (χ3v) is 6.55. The van der Waals surface area contributed by atoms with Gasteiger partial charge in [0.2, 0.25) is 0 Å². The van der Waals surface area contributed by atoms with Gasteiger partial charge < -0.3 is 0 Å². The topological polar surface area (TPSA) is 63.1 Å². The molecule has 0 radical (unpaired) electrons. The smallest absolute Gasteiger partial charge is 0.257 e. The van der Waals surface area contributed by atoms with Crippen LogP contribution < -0.4 is 5.32 Å². The first-order chi connectivity index (χ1) is 14.1. The maximum Gasteiger partial charge on any atom is 0.257 e. The zero-order valence-corrected chi connectivity index (χ0v) is 18.3. The summed E-state index contributed by atoms with van der Waals surface area (Å²) in [5.74, 6) is 0.598. The molecule has 1 N–H and O–H groups in total. The van der Waals surface area contributed by atoms with E-state index in [9.17, 15) is 4.79 Å². The largest absolute Gasteiger partial charge is 0.298 e. The Kier molecular flexibility index (Phi) is 6.32. The van der Waals surface area contributed by atoms with Crippen LogP contribution in [-0.4, -0.2) is 44.7 Å². The summed E-state index contributed by atoms with van der Waals surface area (Å²) in [6, 6.07) is 7.55. The van der Waals surface area contributed by atoms with Crippen molar-refractivity contribution < 1.29 is 4.79 Å². The highest BCUT2D eigenvalue weighted by Gasteiger charge is 2.18. The van der Waals surface area contributed by atoms with E-state index in [1.807, 2.05) is 46.7 Å². The van der Waals surface area contributed by atoms with Crippen molar-refractivity contribution in [1.82, 2.24) is 19.4 Å². The minimum absolute atomic E-state index is 0.148. The van der Waals surface area contributed by atoms with E-state index in [0.717, 1.165) is 42.1 Å². The standard InChI is InChI=1S/C21H25N5OS2/c1-15-5-4-9-25(12-15)13-17-14-29-20(23-17)24-19(27)16-6-3-7-18(11-16)26-10-8-22-21(26)28-2/h3,6-8,10-11,14-15H,4-5,9,12-13H2,1-2H3,(H,23,24,27). The molecule has 29 heavy (non-hydrogen) atoms. The Bertz CT molecular complexity index is 983. The molecule has 1 fully saturated rings. The first-order valence-electron chi connectivity index (χ1n) is 9.78. The second-order valence-corrected chi connectivity index (χ2v) is 9.05. The summed E-state index contributed by atoms with van der Waals surface area (Å²) in [6.07, 6.45) is 8.21. The quantitative estimate of drug-likeness (QED) is 0.586. The van der Waals surface area contributed by atoms with Crippen LogP contribution in [0, 0.1) is 5.92 Å². The lowest BCUT2D eigenvalue weighted by molar-refractivity contribution is 0.102. The number of nitrogens with one attached hydrogen (secondary N) is 1. The average molecular weight is 428 g/mol. The minimum atomic E-state index is -0.148. The summed E-state index contributed by atoms with van der Waals surface area (Å²) >= 11 is 3.05. The van der Waals surface area contributed by atoms with Crippen molar-refractivity contribution in [2.75, 3.05) is 24.7 Å². The summed E-state index contributed by atoms with van der Waals surface area (Å²) in [7, 11) is 0. The predicted molar refractivity (Wildman–Crippen MR) is 119 cm³/mol. The van der Waals surface area contributed by atoms with E-state index in [1.54, 1.807) is 18.0 Å². The van der Waals surface area contributed by atoms with Crippen LogP contribution in [0.5, 0.6) is 0 Å². The van der Waals surface area contributed by atoms with Crippen LogP contribution in [0.1, 0.15) is 35.8 Å². The van der Waals surface area contributed by atoms with Crippen LogP contribution in [0.4, 0.5) is 5.13 Å². The third kappa shape index (κ3) is 4.88. The van der Waals surface area contributed by atoms with E-state index >= 15 is 0 Å². The predicted octanol–water partition coefficient (Wildman–Crippen LogP) is 4.53. The van der Waals surface area contributed by atoms with Crippen LogP contribution in [0.2, 0.25) is 0 Å². The van der Waals surface area contributed by atoms with Crippen molar-refractivity contribution in [1.29, 1.82) is 0 Å². The van der Waals surface area contributed by atoms with Crippen LogP contribution in [0.3, 0.4) is 0 Å². The van der Waals surface area contributed by atoms with Crippen LogP contribution >= 0.6 is 23.1 Å². The number of amides is 1. The van der Waals surface area contributed by atoms with Gasteiger partial charge in [-0.3, -0.25) is 19.6 Å². The lowest BCUT2D eigenvalue weighted by Gasteiger charge is -2.30. The molecule has 1 amide bonds. The van der Waals surface area contributed by atoms with E-state index in [0.29, 0.717) is 10.7 Å². The summed E-state index contributed by atoms with van der Waals surface area (Å²) in [5.41, 5.74) is 2.54. The SMILES string of the molecule is CSc1nccn1-c1cccc(C(=O)Nc2nc(CN3CCCC(C)C3)cs2)c1. The fraction of sp³-hybridized carbons (Fsp3) is 0.381. The fourth-order valence-corrected chi connectivity index (χ4v) is 4.93. The van der Waals surface area contributed by atoms with Crippen LogP contribution in [0.15, 0.2) is 47.2 Å². The van der Waals surface area contributed by atoms with Crippen molar-refractivity contribution in [3.05, 3.63) is 53.3 Å². The van der Waals surface area contributed by atoms with Gasteiger partial charge in [0.25, 0.3) is 5.91 Å². The fourth-order valence-electron chi connectivity index (χ4n) is 3.70. The van der Waals surface area contributed by atoms with Crippen LogP contribution in [0.25, 0.3) is 5.69 Å². The number of aromatic nitrogens is 3. The molecular formula is C21H25N5OS2. The third-order valence-electron chi connectivity index (χ3n) is 5.07. The summed E-state index contributed by atoms with van der Waals surface area (Å²) in [5, 5.41) is 6.52. The number of carbonyl (C=O) groups is 1. The highest BCUT2D eigenvalue weighted by Crippen LogP contribution is 2.22. The van der Waals surface area contributed by atoms with Crippen molar-refractivity contribution in [2.45, 2.75) is 31.5 Å². The molecule has 1 atom stereocenters. The number of nitrogens with zero attached hydrogens (tertiary/aromatic N) is 4. The molecule has 1 unspecified atom stereocenters. The molecule has 8 heteroatoms. The van der Waals surface area contributed by atoms with Gasteiger partial charge in [-0.25, -0.2) is 9.97 Å². The van der Waals surface area contributed by atoms with E-state index in [2.05, 4.69) is 27.1 Å². The zero-order chi connectivity index (χ0) is 20.2. The molecule has 1 saturated heterocycles. The number of piperidine rings is 1. The van der Waals surface area contributed by atoms with Gasteiger partial charge in [-0.15, -0.1) is 11.3 Å². The van der Waals surface area contributed by atoms with Gasteiger partial charge in [0, 0.05) is 42.1 Å². The number of anilines is 1. The number of hydrogen-bond acceptors (Lipinski definition) is 6. The number of thiazole rings is 1. The molecule has 3 aromatic rings. The van der Waals surface area contributed by atoms with Gasteiger partial charge >= 0.3 is 0 Å². The zero-order valence-electron chi connectivity index (χ0n) is 16.7. The molecule has 4 rings (SSSR count).